The molecule has 0 atom stereocenters. The zero-order valence-corrected chi connectivity index (χ0v) is 12.9. The van der Waals surface area contributed by atoms with Crippen molar-refractivity contribution in [1.29, 1.82) is 0 Å². The third-order valence-corrected chi connectivity index (χ3v) is 4.40. The molecule has 3 rings (SSSR count). The maximum absolute atomic E-state index is 12.5. The van der Waals surface area contributed by atoms with E-state index in [-0.39, 0.29) is 11.5 Å². The summed E-state index contributed by atoms with van der Waals surface area (Å²) in [5, 5.41) is 6.64. The first-order valence-corrected chi connectivity index (χ1v) is 7.39. The van der Waals surface area contributed by atoms with Gasteiger partial charge < -0.3 is 0 Å². The molecular formula is C14H11F3N4OS. The van der Waals surface area contributed by atoms with Crippen LogP contribution in [0.3, 0.4) is 0 Å². The fourth-order valence-electron chi connectivity index (χ4n) is 1.98. The van der Waals surface area contributed by atoms with Gasteiger partial charge in [0.1, 0.15) is 0 Å². The SMILES string of the molecule is Cc1sc2nc(NC(=O)c3ccc(C(F)(F)F)cc3)nn2c1C. The van der Waals surface area contributed by atoms with Crippen LogP contribution in [0, 0.1) is 13.8 Å². The van der Waals surface area contributed by atoms with Gasteiger partial charge in [-0.1, -0.05) is 11.3 Å². The minimum Gasteiger partial charge on any atom is -0.289 e. The molecule has 0 aliphatic rings. The largest absolute Gasteiger partial charge is 0.416 e. The fourth-order valence-corrected chi connectivity index (χ4v) is 2.88. The van der Waals surface area contributed by atoms with Crippen LogP contribution in [0.1, 0.15) is 26.5 Å². The number of fused-ring (bicyclic) bond motifs is 1. The lowest BCUT2D eigenvalue weighted by Crippen LogP contribution is -2.14. The molecule has 0 unspecified atom stereocenters. The molecule has 1 amide bonds. The number of rotatable bonds is 2. The predicted molar refractivity (Wildman–Crippen MR) is 79.7 cm³/mol. The van der Waals surface area contributed by atoms with Crippen molar-refractivity contribution in [2.75, 3.05) is 5.32 Å². The van der Waals surface area contributed by atoms with Gasteiger partial charge in [0, 0.05) is 10.4 Å². The number of aromatic nitrogens is 3. The van der Waals surface area contributed by atoms with E-state index in [4.69, 9.17) is 0 Å². The Balaban J connectivity index is 1.80. The summed E-state index contributed by atoms with van der Waals surface area (Å²) in [6.45, 7) is 3.83. The number of nitrogens with zero attached hydrogens (tertiary/aromatic N) is 3. The Kier molecular flexibility index (Phi) is 3.59. The van der Waals surface area contributed by atoms with Gasteiger partial charge in [0.25, 0.3) is 11.9 Å². The fraction of sp³-hybridized carbons (Fsp3) is 0.214. The molecule has 0 spiro atoms. The van der Waals surface area contributed by atoms with Crippen LogP contribution in [0.5, 0.6) is 0 Å². The van der Waals surface area contributed by atoms with Crippen molar-refractivity contribution in [1.82, 2.24) is 14.6 Å². The van der Waals surface area contributed by atoms with Gasteiger partial charge in [-0.05, 0) is 38.1 Å². The Bertz CT molecular complexity index is 880. The molecule has 0 aliphatic heterocycles. The number of carbonyl (C=O) groups excluding carboxylic acids is 1. The standard InChI is InChI=1S/C14H11F3N4OS/c1-7-8(2)23-13-19-12(20-21(7)13)18-11(22)9-3-5-10(6-4-9)14(15,16)17/h3-6H,1-2H3,(H,18,20,22). The number of amides is 1. The van der Waals surface area contributed by atoms with Gasteiger partial charge in [-0.25, -0.2) is 4.52 Å². The summed E-state index contributed by atoms with van der Waals surface area (Å²) in [6.07, 6.45) is -4.43. The number of carbonyl (C=O) groups is 1. The summed E-state index contributed by atoms with van der Waals surface area (Å²) in [5.41, 5.74) is 0.220. The summed E-state index contributed by atoms with van der Waals surface area (Å²) in [6, 6.07) is 3.96. The van der Waals surface area contributed by atoms with E-state index in [1.54, 1.807) is 4.52 Å². The van der Waals surface area contributed by atoms with Crippen LogP contribution in [0.15, 0.2) is 24.3 Å². The topological polar surface area (TPSA) is 59.3 Å². The first-order valence-electron chi connectivity index (χ1n) is 6.57. The number of alkyl halides is 3. The number of aryl methyl sites for hydroxylation is 2. The Hall–Kier alpha value is -2.42. The highest BCUT2D eigenvalue weighted by Crippen LogP contribution is 2.29. The van der Waals surface area contributed by atoms with E-state index in [9.17, 15) is 18.0 Å². The lowest BCUT2D eigenvalue weighted by Gasteiger charge is -2.07. The monoisotopic (exact) mass is 340 g/mol. The van der Waals surface area contributed by atoms with Gasteiger partial charge >= 0.3 is 6.18 Å². The zero-order chi connectivity index (χ0) is 16.8. The molecule has 0 aliphatic carbocycles. The number of nitrogens with one attached hydrogen (secondary N) is 1. The Labute approximate surface area is 132 Å². The Morgan fingerprint density at radius 3 is 2.43 bits per heavy atom. The quantitative estimate of drug-likeness (QED) is 0.774. The second kappa shape index (κ2) is 5.34. The number of halogens is 3. The molecule has 0 bridgehead atoms. The second-order valence-corrected chi connectivity index (χ2v) is 6.08. The summed E-state index contributed by atoms with van der Waals surface area (Å²) in [4.78, 5) is 17.9. The molecule has 5 nitrogen and oxygen atoms in total. The molecule has 9 heteroatoms. The maximum Gasteiger partial charge on any atom is 0.416 e. The highest BCUT2D eigenvalue weighted by Gasteiger charge is 2.30. The van der Waals surface area contributed by atoms with Crippen molar-refractivity contribution in [2.24, 2.45) is 0 Å². The number of benzene rings is 1. The van der Waals surface area contributed by atoms with Crippen LogP contribution >= 0.6 is 11.3 Å². The van der Waals surface area contributed by atoms with Crippen molar-refractivity contribution in [2.45, 2.75) is 20.0 Å². The molecule has 120 valence electrons. The molecule has 2 heterocycles. The Morgan fingerprint density at radius 2 is 1.87 bits per heavy atom. The van der Waals surface area contributed by atoms with E-state index in [2.05, 4.69) is 15.4 Å². The molecule has 1 aromatic carbocycles. The van der Waals surface area contributed by atoms with Crippen LogP contribution in [0.4, 0.5) is 19.1 Å². The lowest BCUT2D eigenvalue weighted by atomic mass is 10.1. The normalized spacial score (nSPS) is 11.9. The minimum atomic E-state index is -4.43. The molecule has 1 N–H and O–H groups in total. The van der Waals surface area contributed by atoms with Gasteiger partial charge in [-0.15, -0.1) is 5.10 Å². The van der Waals surface area contributed by atoms with Crippen LogP contribution in [0.2, 0.25) is 0 Å². The second-order valence-electron chi connectivity index (χ2n) is 4.90. The Morgan fingerprint density at radius 1 is 1.22 bits per heavy atom. The molecule has 23 heavy (non-hydrogen) atoms. The number of thiazole rings is 1. The van der Waals surface area contributed by atoms with E-state index < -0.39 is 17.6 Å². The number of hydrogen-bond acceptors (Lipinski definition) is 4. The summed E-state index contributed by atoms with van der Waals surface area (Å²) < 4.78 is 39.1. The average Bonchev–Trinajstić information content (AvgIpc) is 2.98. The zero-order valence-electron chi connectivity index (χ0n) is 12.1. The van der Waals surface area contributed by atoms with Gasteiger partial charge in [-0.2, -0.15) is 18.2 Å². The maximum atomic E-state index is 12.5. The summed E-state index contributed by atoms with van der Waals surface area (Å²) in [7, 11) is 0. The summed E-state index contributed by atoms with van der Waals surface area (Å²) >= 11 is 1.44. The van der Waals surface area contributed by atoms with Crippen molar-refractivity contribution < 1.29 is 18.0 Å². The summed E-state index contributed by atoms with van der Waals surface area (Å²) in [5.74, 6) is -0.449. The van der Waals surface area contributed by atoms with E-state index in [0.717, 1.165) is 34.8 Å². The molecule has 2 aromatic heterocycles. The number of hydrogen-bond donors (Lipinski definition) is 1. The van der Waals surface area contributed by atoms with E-state index in [1.807, 2.05) is 13.8 Å². The lowest BCUT2D eigenvalue weighted by molar-refractivity contribution is -0.137. The average molecular weight is 340 g/mol. The van der Waals surface area contributed by atoms with E-state index in [1.165, 1.54) is 11.3 Å². The third kappa shape index (κ3) is 2.91. The molecule has 0 fully saturated rings. The molecular weight excluding hydrogens is 329 g/mol. The van der Waals surface area contributed by atoms with Crippen molar-refractivity contribution in [3.05, 3.63) is 46.0 Å². The van der Waals surface area contributed by atoms with Crippen LogP contribution in [0.25, 0.3) is 4.96 Å². The van der Waals surface area contributed by atoms with Crippen molar-refractivity contribution >= 4 is 28.2 Å². The van der Waals surface area contributed by atoms with Crippen LogP contribution in [-0.4, -0.2) is 20.5 Å². The molecule has 0 radical (unpaired) electrons. The van der Waals surface area contributed by atoms with Gasteiger partial charge in [0.15, 0.2) is 0 Å². The minimum absolute atomic E-state index is 0.101. The van der Waals surface area contributed by atoms with Crippen molar-refractivity contribution in [3.63, 3.8) is 0 Å². The molecule has 3 aromatic rings. The first-order chi connectivity index (χ1) is 10.8. The van der Waals surface area contributed by atoms with E-state index in [0.29, 0.717) is 4.96 Å². The molecule has 0 saturated carbocycles. The van der Waals surface area contributed by atoms with Gasteiger partial charge in [-0.3, -0.25) is 10.1 Å². The van der Waals surface area contributed by atoms with E-state index >= 15 is 0 Å². The highest BCUT2D eigenvalue weighted by molar-refractivity contribution is 7.17. The van der Waals surface area contributed by atoms with Crippen LogP contribution in [-0.2, 0) is 6.18 Å². The first kappa shape index (κ1) is 15.5. The number of anilines is 1. The van der Waals surface area contributed by atoms with Gasteiger partial charge in [0.05, 0.1) is 11.3 Å². The van der Waals surface area contributed by atoms with Crippen molar-refractivity contribution in [3.8, 4) is 0 Å². The highest BCUT2D eigenvalue weighted by atomic mass is 32.1. The smallest absolute Gasteiger partial charge is 0.289 e. The van der Waals surface area contributed by atoms with Gasteiger partial charge in [0.2, 0.25) is 4.96 Å². The predicted octanol–water partition coefficient (Wildman–Crippen LogP) is 3.68. The molecule has 0 saturated heterocycles. The van der Waals surface area contributed by atoms with Crippen LogP contribution < -0.4 is 5.32 Å². The third-order valence-electron chi connectivity index (χ3n) is 3.35.